The highest BCUT2D eigenvalue weighted by atomic mass is 35.5. The molecule has 7 nitrogen and oxygen atoms in total. The van der Waals surface area contributed by atoms with Gasteiger partial charge in [0.15, 0.2) is 0 Å². The maximum absolute atomic E-state index is 13.2. The minimum absolute atomic E-state index is 0.0861. The van der Waals surface area contributed by atoms with E-state index in [-0.39, 0.29) is 5.56 Å². The van der Waals surface area contributed by atoms with Gasteiger partial charge in [-0.25, -0.2) is 9.98 Å². The standard InChI is InChI=1S/C30H32Cl2N6O/c1-19-5-4-6-20(2)28(19)36-30(37-14-12-33-21(3)17-37)35-24-9-10-25-27(16-24)34-18-38(29(25)39)13-11-22-7-8-23(31)15-26(22)32/h4-10,15-16,18,21,33H,11-14,17H2,1-3H3,(H,35,36)/t21-/m0/s1. The van der Waals surface area contributed by atoms with Crippen LogP contribution in [0.15, 0.2) is 70.7 Å². The predicted molar refractivity (Wildman–Crippen MR) is 162 cm³/mol. The van der Waals surface area contributed by atoms with Gasteiger partial charge in [0, 0.05) is 48.0 Å². The number of aryl methyl sites for hydroxylation is 4. The minimum atomic E-state index is -0.0861. The van der Waals surface area contributed by atoms with Crippen LogP contribution < -0.4 is 16.2 Å². The van der Waals surface area contributed by atoms with Crippen molar-refractivity contribution in [2.75, 3.05) is 25.0 Å². The fourth-order valence-electron chi connectivity index (χ4n) is 4.88. The molecule has 1 fully saturated rings. The number of nitrogens with zero attached hydrogens (tertiary/aromatic N) is 4. The summed E-state index contributed by atoms with van der Waals surface area (Å²) in [6.07, 6.45) is 2.20. The lowest BCUT2D eigenvalue weighted by atomic mass is 10.1. The van der Waals surface area contributed by atoms with Gasteiger partial charge >= 0.3 is 0 Å². The molecule has 1 aliphatic heterocycles. The lowest BCUT2D eigenvalue weighted by Crippen LogP contribution is -2.53. The number of halogens is 2. The maximum Gasteiger partial charge on any atom is 0.261 e. The highest BCUT2D eigenvalue weighted by Crippen LogP contribution is 2.25. The molecule has 0 radical (unpaired) electrons. The van der Waals surface area contributed by atoms with Crippen LogP contribution >= 0.6 is 23.2 Å². The van der Waals surface area contributed by atoms with Gasteiger partial charge in [0.1, 0.15) is 0 Å². The van der Waals surface area contributed by atoms with Crippen molar-refractivity contribution in [3.8, 4) is 0 Å². The molecule has 39 heavy (non-hydrogen) atoms. The number of para-hydroxylation sites is 1. The first kappa shape index (κ1) is 27.2. The monoisotopic (exact) mass is 562 g/mol. The van der Waals surface area contributed by atoms with Gasteiger partial charge in [-0.1, -0.05) is 47.5 Å². The fraction of sp³-hybridized carbons (Fsp3) is 0.300. The van der Waals surface area contributed by atoms with Crippen LogP contribution in [0.4, 0.5) is 11.4 Å². The van der Waals surface area contributed by atoms with E-state index in [1.165, 1.54) is 0 Å². The van der Waals surface area contributed by atoms with Gasteiger partial charge in [-0.3, -0.25) is 9.36 Å². The molecule has 2 N–H and O–H groups in total. The summed E-state index contributed by atoms with van der Waals surface area (Å²) in [7, 11) is 0. The number of benzene rings is 3. The van der Waals surface area contributed by atoms with E-state index in [1.54, 1.807) is 23.0 Å². The van der Waals surface area contributed by atoms with Gasteiger partial charge in [-0.2, -0.15) is 0 Å². The van der Waals surface area contributed by atoms with Gasteiger partial charge in [0.05, 0.1) is 22.9 Å². The molecule has 0 aliphatic carbocycles. The molecule has 0 bridgehead atoms. The first-order valence-electron chi connectivity index (χ1n) is 13.1. The van der Waals surface area contributed by atoms with E-state index in [0.29, 0.717) is 40.0 Å². The average molecular weight is 564 g/mol. The quantitative estimate of drug-likeness (QED) is 0.232. The van der Waals surface area contributed by atoms with Gasteiger partial charge in [-0.15, -0.1) is 0 Å². The Morgan fingerprint density at radius 2 is 1.92 bits per heavy atom. The third-order valence-electron chi connectivity index (χ3n) is 7.04. The molecule has 1 atom stereocenters. The Hall–Kier alpha value is -3.39. The van der Waals surface area contributed by atoms with E-state index in [1.807, 2.05) is 24.3 Å². The van der Waals surface area contributed by atoms with Crippen LogP contribution in [-0.4, -0.2) is 46.1 Å². The van der Waals surface area contributed by atoms with Crippen LogP contribution in [0.5, 0.6) is 0 Å². The number of rotatable bonds is 5. The van der Waals surface area contributed by atoms with Gasteiger partial charge in [0.25, 0.3) is 5.56 Å². The third kappa shape index (κ3) is 6.27. The van der Waals surface area contributed by atoms with Gasteiger partial charge in [0.2, 0.25) is 5.96 Å². The van der Waals surface area contributed by atoms with Gasteiger partial charge in [-0.05, 0) is 74.2 Å². The Labute approximate surface area is 238 Å². The topological polar surface area (TPSA) is 74.5 Å². The summed E-state index contributed by atoms with van der Waals surface area (Å²) in [6.45, 7) is 9.37. The van der Waals surface area contributed by atoms with E-state index in [9.17, 15) is 4.79 Å². The van der Waals surface area contributed by atoms with Crippen molar-refractivity contribution in [1.29, 1.82) is 0 Å². The second-order valence-electron chi connectivity index (χ2n) is 10.1. The number of hydrogen-bond donors (Lipinski definition) is 2. The highest BCUT2D eigenvalue weighted by Gasteiger charge is 2.20. The predicted octanol–water partition coefficient (Wildman–Crippen LogP) is 5.96. The van der Waals surface area contributed by atoms with Crippen LogP contribution in [0.25, 0.3) is 10.9 Å². The summed E-state index contributed by atoms with van der Waals surface area (Å²) in [6, 6.07) is 17.6. The van der Waals surface area contributed by atoms with Crippen molar-refractivity contribution in [2.45, 2.75) is 39.8 Å². The summed E-state index contributed by atoms with van der Waals surface area (Å²) in [5.41, 5.74) is 5.52. The highest BCUT2D eigenvalue weighted by molar-refractivity contribution is 6.35. The van der Waals surface area contributed by atoms with Crippen molar-refractivity contribution >= 4 is 51.4 Å². The first-order chi connectivity index (χ1) is 18.8. The molecule has 0 spiro atoms. The zero-order chi connectivity index (χ0) is 27.5. The number of fused-ring (bicyclic) bond motifs is 1. The zero-order valence-electron chi connectivity index (χ0n) is 22.3. The van der Waals surface area contributed by atoms with Crippen LogP contribution in [0.2, 0.25) is 10.0 Å². The number of nitrogens with one attached hydrogen (secondary N) is 2. The molecule has 0 unspecified atom stereocenters. The van der Waals surface area contributed by atoms with E-state index in [2.05, 4.69) is 59.5 Å². The lowest BCUT2D eigenvalue weighted by Gasteiger charge is -2.34. The number of aromatic nitrogens is 2. The normalized spacial score (nSPS) is 16.1. The number of anilines is 1. The van der Waals surface area contributed by atoms with Crippen molar-refractivity contribution in [1.82, 2.24) is 19.8 Å². The fourth-order valence-corrected chi connectivity index (χ4v) is 5.38. The van der Waals surface area contributed by atoms with Crippen LogP contribution in [-0.2, 0) is 13.0 Å². The summed E-state index contributed by atoms with van der Waals surface area (Å²) >= 11 is 12.3. The lowest BCUT2D eigenvalue weighted by molar-refractivity contribution is 0.303. The Bertz CT molecular complexity index is 1580. The Morgan fingerprint density at radius 3 is 2.67 bits per heavy atom. The summed E-state index contributed by atoms with van der Waals surface area (Å²) < 4.78 is 1.62. The van der Waals surface area contributed by atoms with Crippen molar-refractivity contribution < 1.29 is 0 Å². The van der Waals surface area contributed by atoms with Gasteiger partial charge < -0.3 is 15.5 Å². The van der Waals surface area contributed by atoms with E-state index < -0.39 is 0 Å². The zero-order valence-corrected chi connectivity index (χ0v) is 23.9. The maximum atomic E-state index is 13.2. The number of aliphatic imine (C=N–C) groups is 1. The molecule has 5 rings (SSSR count). The van der Waals surface area contributed by atoms with Crippen LogP contribution in [0.3, 0.4) is 0 Å². The molecule has 2 heterocycles. The molecular formula is C30H32Cl2N6O. The van der Waals surface area contributed by atoms with Crippen molar-refractivity contribution in [3.05, 3.63) is 98.0 Å². The largest absolute Gasteiger partial charge is 0.340 e. The average Bonchev–Trinajstić information content (AvgIpc) is 2.90. The first-order valence-corrected chi connectivity index (χ1v) is 13.9. The molecule has 0 saturated carbocycles. The second-order valence-corrected chi connectivity index (χ2v) is 10.9. The summed E-state index contributed by atoms with van der Waals surface area (Å²) in [4.78, 5) is 25.2. The van der Waals surface area contributed by atoms with E-state index in [4.69, 9.17) is 28.2 Å². The molecule has 1 saturated heterocycles. The SMILES string of the molecule is Cc1cccc(C)c1/N=C(/Nc1ccc2c(=O)n(CCc3ccc(Cl)cc3Cl)cnc2c1)N1CCN[C@@H](C)C1. The Morgan fingerprint density at radius 1 is 1.13 bits per heavy atom. The molecule has 202 valence electrons. The number of hydrogen-bond acceptors (Lipinski definition) is 4. The van der Waals surface area contributed by atoms with Crippen LogP contribution in [0, 0.1) is 13.8 Å². The van der Waals surface area contributed by atoms with E-state index in [0.717, 1.165) is 53.7 Å². The molecule has 3 aromatic carbocycles. The summed E-state index contributed by atoms with van der Waals surface area (Å²) in [5, 5.41) is 8.77. The molecule has 9 heteroatoms. The molecule has 1 aromatic heterocycles. The Balaban J connectivity index is 1.42. The molecular weight excluding hydrogens is 531 g/mol. The second kappa shape index (κ2) is 11.8. The van der Waals surface area contributed by atoms with Crippen LogP contribution in [0.1, 0.15) is 23.6 Å². The summed E-state index contributed by atoms with van der Waals surface area (Å²) in [5.74, 6) is 0.785. The Kier molecular flexibility index (Phi) is 8.21. The smallest absolute Gasteiger partial charge is 0.261 e. The van der Waals surface area contributed by atoms with Crippen molar-refractivity contribution in [3.63, 3.8) is 0 Å². The third-order valence-corrected chi connectivity index (χ3v) is 7.63. The number of guanidine groups is 1. The molecule has 0 amide bonds. The molecule has 1 aliphatic rings. The van der Waals surface area contributed by atoms with Crippen molar-refractivity contribution in [2.24, 2.45) is 4.99 Å². The minimum Gasteiger partial charge on any atom is -0.340 e. The molecule has 4 aromatic rings. The van der Waals surface area contributed by atoms with E-state index >= 15 is 0 Å². The number of piperazine rings is 1.